The molecule has 0 saturated carbocycles. The molecule has 0 aliphatic carbocycles. The number of amides is 2. The van der Waals surface area contributed by atoms with Crippen LogP contribution in [0.3, 0.4) is 0 Å². The summed E-state index contributed by atoms with van der Waals surface area (Å²) in [4.78, 5) is 45.4. The second-order valence-electron chi connectivity index (χ2n) is 5.02. The zero-order valence-corrected chi connectivity index (χ0v) is 19.4. The topological polar surface area (TPSA) is 216 Å². The van der Waals surface area contributed by atoms with E-state index >= 15 is 0 Å². The molecule has 0 saturated heterocycles. The van der Waals surface area contributed by atoms with Crippen molar-refractivity contribution in [3.63, 3.8) is 0 Å². The van der Waals surface area contributed by atoms with E-state index in [4.69, 9.17) is 15.9 Å². The van der Waals surface area contributed by atoms with Gasteiger partial charge in [0.05, 0.1) is 16.7 Å². The third-order valence-electron chi connectivity index (χ3n) is 2.83. The molecule has 12 nitrogen and oxygen atoms in total. The number of aliphatic carboxylic acids is 2. The number of carbonyl (C=O) groups excluding carboxylic acids is 2. The molecule has 0 radical (unpaired) electrons. The number of carboxylic acid groups (broad SMARTS) is 2. The Hall–Kier alpha value is -0.550. The summed E-state index contributed by atoms with van der Waals surface area (Å²) in [6.07, 6.45) is -0.697. The normalized spacial score (nSPS) is 12.9. The number of carbonyl (C=O) groups is 4. The summed E-state index contributed by atoms with van der Waals surface area (Å²) < 4.78 is 31.4. The van der Waals surface area contributed by atoms with Crippen molar-refractivity contribution in [2.75, 3.05) is 23.8 Å². The third-order valence-corrected chi connectivity index (χ3v) is 6.21. The summed E-state index contributed by atoms with van der Waals surface area (Å²) in [5, 5.41) is 22.2. The molecule has 0 aliphatic heterocycles. The Kier molecular flexibility index (Phi) is 16.2. The van der Waals surface area contributed by atoms with Crippen LogP contribution >= 0.6 is 21.6 Å². The maximum absolute atomic E-state index is 12.2. The summed E-state index contributed by atoms with van der Waals surface area (Å²) >= 11 is 0. The van der Waals surface area contributed by atoms with Crippen molar-refractivity contribution in [3.05, 3.63) is 0 Å². The van der Waals surface area contributed by atoms with Crippen LogP contribution in [0.15, 0.2) is 0 Å². The molecule has 0 bridgehead atoms. The van der Waals surface area contributed by atoms with Crippen molar-refractivity contribution in [1.82, 2.24) is 10.6 Å². The molecule has 2 amide bonds. The van der Waals surface area contributed by atoms with Gasteiger partial charge in [-0.1, -0.05) is 21.6 Å². The Balaban J connectivity index is 0. The average molecular weight is 469 g/mol. The van der Waals surface area contributed by atoms with Gasteiger partial charge in [-0.05, 0) is 6.42 Å². The van der Waals surface area contributed by atoms with E-state index in [1.165, 1.54) is 0 Å². The van der Waals surface area contributed by atoms with Gasteiger partial charge < -0.3 is 31.1 Å². The quantitative estimate of drug-likeness (QED) is 0.0698. The summed E-state index contributed by atoms with van der Waals surface area (Å²) in [6, 6.07) is -2.65. The minimum atomic E-state index is -4.37. The van der Waals surface area contributed by atoms with Crippen LogP contribution in [0, 0.1) is 0 Å². The largest absolute Gasteiger partial charge is 1.00 e. The second kappa shape index (κ2) is 15.3. The van der Waals surface area contributed by atoms with Gasteiger partial charge in [-0.2, -0.15) is 0 Å². The van der Waals surface area contributed by atoms with E-state index in [0.29, 0.717) is 0 Å². The van der Waals surface area contributed by atoms with Gasteiger partial charge in [0.2, 0.25) is 11.8 Å². The van der Waals surface area contributed by atoms with Crippen LogP contribution in [-0.2, 0) is 29.3 Å². The molecule has 2 atom stereocenters. The van der Waals surface area contributed by atoms with Crippen molar-refractivity contribution in [1.29, 1.82) is 0 Å². The molecule has 156 valence electrons. The first-order chi connectivity index (χ1) is 12.5. The number of carboxylic acids is 2. The van der Waals surface area contributed by atoms with Gasteiger partial charge in [-0.3, -0.25) is 14.4 Å². The van der Waals surface area contributed by atoms with Crippen LogP contribution in [0.2, 0.25) is 0 Å². The molecule has 0 aliphatic rings. The standard InChI is InChI=1S/C12H21N3O9S3.Na/c13-5-9(16)14-7(1-2-10(17)18)11(19)15-8(12(20)21)6-26-25-3-4-27(22,23)24;/h7-8H,1-6,13H2,(H,14,16)(H,15,19)(H,17,18)(H,20,21)(H,22,23,24);/q;+1/p-1/t7-,8-;/m0./s1. The number of hydrogen-bond donors (Lipinski definition) is 5. The van der Waals surface area contributed by atoms with Gasteiger partial charge in [-0.25, -0.2) is 13.2 Å². The van der Waals surface area contributed by atoms with E-state index in [9.17, 15) is 32.1 Å². The van der Waals surface area contributed by atoms with Crippen LogP contribution < -0.4 is 45.9 Å². The fourth-order valence-electron chi connectivity index (χ4n) is 1.55. The minimum absolute atomic E-state index is 0. The average Bonchev–Trinajstić information content (AvgIpc) is 2.55. The molecule has 0 aromatic heterocycles. The van der Waals surface area contributed by atoms with Gasteiger partial charge in [-0.15, -0.1) is 0 Å². The fraction of sp³-hybridized carbons (Fsp3) is 0.667. The Morgan fingerprint density at radius 2 is 1.68 bits per heavy atom. The zero-order valence-electron chi connectivity index (χ0n) is 15.0. The summed E-state index contributed by atoms with van der Waals surface area (Å²) in [6.45, 7) is -0.436. The van der Waals surface area contributed by atoms with E-state index in [-0.39, 0.29) is 47.5 Å². The smallest absolute Gasteiger partial charge is 0.748 e. The van der Waals surface area contributed by atoms with Gasteiger partial charge in [0.1, 0.15) is 12.1 Å². The van der Waals surface area contributed by atoms with Gasteiger partial charge in [0, 0.05) is 23.7 Å². The van der Waals surface area contributed by atoms with Crippen molar-refractivity contribution in [2.45, 2.75) is 24.9 Å². The van der Waals surface area contributed by atoms with Gasteiger partial charge >= 0.3 is 41.5 Å². The van der Waals surface area contributed by atoms with E-state index < -0.39 is 64.7 Å². The molecule has 0 fully saturated rings. The maximum atomic E-state index is 12.2. The number of nitrogens with one attached hydrogen (secondary N) is 2. The molecule has 16 heteroatoms. The molecule has 0 aromatic rings. The SMILES string of the molecule is NCC(=O)N[C@@H](CCC(=O)O)C(=O)N[C@@H](CSSCCS(=O)(=O)[O-])C(=O)O.[Na+]. The van der Waals surface area contributed by atoms with Crippen LogP contribution in [0.5, 0.6) is 0 Å². The first-order valence-electron chi connectivity index (χ1n) is 7.38. The summed E-state index contributed by atoms with van der Waals surface area (Å²) in [5.41, 5.74) is 5.13. The summed E-state index contributed by atoms with van der Waals surface area (Å²) in [7, 11) is -2.48. The van der Waals surface area contributed by atoms with Gasteiger partial charge in [0.25, 0.3) is 0 Å². The van der Waals surface area contributed by atoms with E-state index in [1.54, 1.807) is 0 Å². The fourth-order valence-corrected chi connectivity index (χ4v) is 4.88. The Morgan fingerprint density at radius 3 is 2.14 bits per heavy atom. The predicted octanol–water partition coefficient (Wildman–Crippen LogP) is -5.21. The monoisotopic (exact) mass is 469 g/mol. The Labute approximate surface area is 191 Å². The number of rotatable bonds is 14. The number of hydrogen-bond acceptors (Lipinski definition) is 10. The first-order valence-corrected chi connectivity index (χ1v) is 11.4. The predicted molar refractivity (Wildman–Crippen MR) is 96.9 cm³/mol. The molecule has 0 heterocycles. The van der Waals surface area contributed by atoms with Crippen molar-refractivity contribution >= 4 is 55.5 Å². The number of nitrogens with two attached hydrogens (primary N) is 1. The Bertz CT molecular complexity index is 647. The molecule has 6 N–H and O–H groups in total. The van der Waals surface area contributed by atoms with E-state index in [0.717, 1.165) is 21.6 Å². The summed E-state index contributed by atoms with van der Waals surface area (Å²) in [5.74, 6) is -5.00. The van der Waals surface area contributed by atoms with Crippen LogP contribution in [-0.4, -0.2) is 82.8 Å². The molecular formula is C12H20N3NaO9S3. The molecule has 28 heavy (non-hydrogen) atoms. The maximum Gasteiger partial charge on any atom is 1.00 e. The van der Waals surface area contributed by atoms with Crippen LogP contribution in [0.25, 0.3) is 0 Å². The molecule has 0 unspecified atom stereocenters. The molecular weight excluding hydrogens is 449 g/mol. The molecule has 0 aromatic carbocycles. The van der Waals surface area contributed by atoms with E-state index in [1.807, 2.05) is 0 Å². The minimum Gasteiger partial charge on any atom is -0.748 e. The third kappa shape index (κ3) is 15.4. The van der Waals surface area contributed by atoms with Crippen molar-refractivity contribution < 1.29 is 71.9 Å². The zero-order chi connectivity index (χ0) is 21.0. The van der Waals surface area contributed by atoms with Crippen LogP contribution in [0.4, 0.5) is 0 Å². The van der Waals surface area contributed by atoms with Crippen molar-refractivity contribution in [3.8, 4) is 0 Å². The van der Waals surface area contributed by atoms with Gasteiger partial charge in [0.15, 0.2) is 0 Å². The van der Waals surface area contributed by atoms with Crippen molar-refractivity contribution in [2.24, 2.45) is 5.73 Å². The first kappa shape index (κ1) is 29.6. The molecule has 0 spiro atoms. The van der Waals surface area contributed by atoms with E-state index in [2.05, 4.69) is 10.6 Å². The molecule has 0 rings (SSSR count). The Morgan fingerprint density at radius 1 is 1.07 bits per heavy atom. The second-order valence-corrected chi connectivity index (χ2v) is 9.18. The van der Waals surface area contributed by atoms with Crippen LogP contribution in [0.1, 0.15) is 12.8 Å².